The van der Waals surface area contributed by atoms with Gasteiger partial charge in [0.2, 0.25) is 5.95 Å². The summed E-state index contributed by atoms with van der Waals surface area (Å²) in [6.45, 7) is 8.39. The second-order valence-electron chi connectivity index (χ2n) is 7.58. The lowest BCUT2D eigenvalue weighted by molar-refractivity contribution is -0.117. The molecule has 0 bridgehead atoms. The van der Waals surface area contributed by atoms with Gasteiger partial charge in [-0.15, -0.1) is 0 Å². The van der Waals surface area contributed by atoms with Gasteiger partial charge < -0.3 is 19.3 Å². The number of nitrogens with zero attached hydrogens (tertiary/aromatic N) is 4. The van der Waals surface area contributed by atoms with Gasteiger partial charge in [-0.1, -0.05) is 19.1 Å². The highest BCUT2D eigenvalue weighted by atomic mass is 16.5. The van der Waals surface area contributed by atoms with Gasteiger partial charge in [0, 0.05) is 39.2 Å². The van der Waals surface area contributed by atoms with Crippen molar-refractivity contribution < 1.29 is 9.53 Å². The normalized spacial score (nSPS) is 17.4. The minimum Gasteiger partial charge on any atom is -0.489 e. The van der Waals surface area contributed by atoms with E-state index in [-0.39, 0.29) is 17.8 Å². The number of hydrogen-bond acceptors (Lipinski definition) is 6. The Morgan fingerprint density at radius 2 is 2.07 bits per heavy atom. The Morgan fingerprint density at radius 1 is 1.32 bits per heavy atom. The maximum Gasteiger partial charge on any atom is 0.227 e. The highest BCUT2D eigenvalue weighted by molar-refractivity contribution is 5.76. The van der Waals surface area contributed by atoms with Crippen LogP contribution in [-0.4, -0.2) is 48.5 Å². The average molecular weight is 383 g/mol. The number of benzene rings is 1. The third-order valence-corrected chi connectivity index (χ3v) is 5.27. The molecule has 2 atom stereocenters. The predicted molar refractivity (Wildman–Crippen MR) is 112 cm³/mol. The van der Waals surface area contributed by atoms with Crippen LogP contribution in [-0.2, 0) is 4.79 Å². The monoisotopic (exact) mass is 382 g/mol. The van der Waals surface area contributed by atoms with Crippen LogP contribution in [0.15, 0.2) is 36.5 Å². The van der Waals surface area contributed by atoms with Crippen molar-refractivity contribution in [2.24, 2.45) is 0 Å². The Kier molecular flexibility index (Phi) is 6.49. The first-order valence-electron chi connectivity index (χ1n) is 10.0. The van der Waals surface area contributed by atoms with E-state index in [9.17, 15) is 4.79 Å². The van der Waals surface area contributed by atoms with E-state index in [1.165, 1.54) is 5.56 Å². The molecular weight excluding hydrogens is 352 g/mol. The Labute approximate surface area is 167 Å². The number of carbonyl (C=O) groups is 1. The van der Waals surface area contributed by atoms with Crippen molar-refractivity contribution in [3.63, 3.8) is 0 Å². The summed E-state index contributed by atoms with van der Waals surface area (Å²) in [5.41, 5.74) is 1.17. The van der Waals surface area contributed by atoms with Gasteiger partial charge in [-0.25, -0.2) is 4.98 Å². The minimum atomic E-state index is 0.122. The second-order valence-corrected chi connectivity index (χ2v) is 7.58. The van der Waals surface area contributed by atoms with Gasteiger partial charge in [-0.2, -0.15) is 4.98 Å². The molecule has 3 rings (SSSR count). The molecule has 1 fully saturated rings. The van der Waals surface area contributed by atoms with Crippen LogP contribution < -0.4 is 14.5 Å². The van der Waals surface area contributed by atoms with Gasteiger partial charge in [0.1, 0.15) is 23.5 Å². The maximum atomic E-state index is 11.3. The summed E-state index contributed by atoms with van der Waals surface area (Å²) >= 11 is 0. The topological polar surface area (TPSA) is 58.6 Å². The van der Waals surface area contributed by atoms with Crippen LogP contribution in [0.1, 0.15) is 45.1 Å². The zero-order chi connectivity index (χ0) is 20.1. The van der Waals surface area contributed by atoms with Crippen LogP contribution in [0.3, 0.4) is 0 Å². The molecule has 1 aromatic heterocycles. The number of anilines is 2. The molecular formula is C22H30N4O2. The van der Waals surface area contributed by atoms with Crippen LogP contribution in [0.4, 0.5) is 11.8 Å². The van der Waals surface area contributed by atoms with E-state index in [1.54, 1.807) is 6.92 Å². The average Bonchev–Trinajstić information content (AvgIpc) is 3.16. The fourth-order valence-electron chi connectivity index (χ4n) is 3.49. The molecule has 0 N–H and O–H groups in total. The SMILES string of the molecule is CCN(C)c1ccnc(N2CC[C@@H](Oc3ccc([C@H](C)CC(C)=O)cc3)C2)n1. The molecule has 0 unspecified atom stereocenters. The quantitative estimate of drug-likeness (QED) is 0.694. The van der Waals surface area contributed by atoms with E-state index in [4.69, 9.17) is 4.74 Å². The van der Waals surface area contributed by atoms with Crippen molar-refractivity contribution in [2.75, 3.05) is 36.5 Å². The number of ketones is 1. The zero-order valence-corrected chi connectivity index (χ0v) is 17.3. The van der Waals surface area contributed by atoms with E-state index in [2.05, 4.69) is 45.7 Å². The summed E-state index contributed by atoms with van der Waals surface area (Å²) in [6.07, 6.45) is 3.46. The summed E-state index contributed by atoms with van der Waals surface area (Å²) in [5.74, 6) is 3.02. The van der Waals surface area contributed by atoms with Crippen LogP contribution in [0, 0.1) is 0 Å². The van der Waals surface area contributed by atoms with Crippen molar-refractivity contribution in [3.05, 3.63) is 42.1 Å². The fraction of sp³-hybridized carbons (Fsp3) is 0.500. The van der Waals surface area contributed by atoms with Crippen LogP contribution in [0.5, 0.6) is 5.75 Å². The second kappa shape index (κ2) is 9.04. The first-order chi connectivity index (χ1) is 13.5. The van der Waals surface area contributed by atoms with Crippen LogP contribution in [0.25, 0.3) is 0 Å². The van der Waals surface area contributed by atoms with Crippen LogP contribution in [0.2, 0.25) is 0 Å². The third kappa shape index (κ3) is 5.00. The predicted octanol–water partition coefficient (Wildman–Crippen LogP) is 3.67. The summed E-state index contributed by atoms with van der Waals surface area (Å²) in [4.78, 5) is 24.7. The number of carbonyl (C=O) groups excluding carboxylic acids is 1. The molecule has 1 aliphatic rings. The molecule has 28 heavy (non-hydrogen) atoms. The molecule has 150 valence electrons. The highest BCUT2D eigenvalue weighted by Gasteiger charge is 2.26. The van der Waals surface area contributed by atoms with Crippen molar-refractivity contribution in [2.45, 2.75) is 45.6 Å². The van der Waals surface area contributed by atoms with Crippen molar-refractivity contribution in [3.8, 4) is 5.75 Å². The molecule has 1 saturated heterocycles. The van der Waals surface area contributed by atoms with E-state index in [1.807, 2.05) is 31.4 Å². The number of aromatic nitrogens is 2. The molecule has 0 saturated carbocycles. The summed E-state index contributed by atoms with van der Waals surface area (Å²) < 4.78 is 6.17. The lowest BCUT2D eigenvalue weighted by atomic mass is 9.96. The van der Waals surface area contributed by atoms with Crippen LogP contribution >= 0.6 is 0 Å². The molecule has 1 aromatic carbocycles. The smallest absolute Gasteiger partial charge is 0.227 e. The van der Waals surface area contributed by atoms with Crippen molar-refractivity contribution in [1.82, 2.24) is 9.97 Å². The summed E-state index contributed by atoms with van der Waals surface area (Å²) in [6, 6.07) is 10.1. The maximum absolute atomic E-state index is 11.3. The molecule has 0 aliphatic carbocycles. The minimum absolute atomic E-state index is 0.122. The highest BCUT2D eigenvalue weighted by Crippen LogP contribution is 2.25. The standard InChI is InChI=1S/C22H30N4O2/c1-5-25(4)21-10-12-23-22(24-21)26-13-11-20(15-26)28-19-8-6-18(7-9-19)16(2)14-17(3)27/h6-10,12,16,20H,5,11,13-15H2,1-4H3/t16-,20-/m1/s1. The zero-order valence-electron chi connectivity index (χ0n) is 17.3. The van der Waals surface area contributed by atoms with E-state index < -0.39 is 0 Å². The van der Waals surface area contributed by atoms with Gasteiger partial charge in [0.05, 0.1) is 6.54 Å². The van der Waals surface area contributed by atoms with Gasteiger partial charge in [-0.05, 0) is 43.5 Å². The molecule has 6 nitrogen and oxygen atoms in total. The fourth-order valence-corrected chi connectivity index (χ4v) is 3.49. The molecule has 0 radical (unpaired) electrons. The first-order valence-corrected chi connectivity index (χ1v) is 10.0. The van der Waals surface area contributed by atoms with Crippen molar-refractivity contribution >= 4 is 17.5 Å². The Hall–Kier alpha value is -2.63. The molecule has 0 amide bonds. The number of Topliss-reactive ketones (excluding diaryl/α,β-unsaturated/α-hetero) is 1. The largest absolute Gasteiger partial charge is 0.489 e. The third-order valence-electron chi connectivity index (χ3n) is 5.27. The van der Waals surface area contributed by atoms with E-state index in [0.29, 0.717) is 6.42 Å². The molecule has 6 heteroatoms. The van der Waals surface area contributed by atoms with Gasteiger partial charge in [0.15, 0.2) is 0 Å². The molecule has 2 heterocycles. The summed E-state index contributed by atoms with van der Waals surface area (Å²) in [7, 11) is 2.03. The molecule has 1 aliphatic heterocycles. The Balaban J connectivity index is 1.58. The van der Waals surface area contributed by atoms with Crippen molar-refractivity contribution in [1.29, 1.82) is 0 Å². The number of ether oxygens (including phenoxy) is 1. The number of hydrogen-bond donors (Lipinski definition) is 0. The Morgan fingerprint density at radius 3 is 2.75 bits per heavy atom. The lowest BCUT2D eigenvalue weighted by Gasteiger charge is -2.20. The first kappa shape index (κ1) is 20.1. The van der Waals surface area contributed by atoms with E-state index >= 15 is 0 Å². The van der Waals surface area contributed by atoms with Gasteiger partial charge in [0.25, 0.3) is 0 Å². The lowest BCUT2D eigenvalue weighted by Crippen LogP contribution is -2.27. The van der Waals surface area contributed by atoms with Gasteiger partial charge >= 0.3 is 0 Å². The molecule has 0 spiro atoms. The molecule has 2 aromatic rings. The Bertz CT molecular complexity index is 793. The number of rotatable bonds is 8. The summed E-state index contributed by atoms with van der Waals surface area (Å²) in [5, 5.41) is 0. The van der Waals surface area contributed by atoms with E-state index in [0.717, 1.165) is 43.6 Å². The van der Waals surface area contributed by atoms with Gasteiger partial charge in [-0.3, -0.25) is 0 Å².